The van der Waals surface area contributed by atoms with Crippen molar-refractivity contribution in [2.45, 2.75) is 13.0 Å². The van der Waals surface area contributed by atoms with Crippen LogP contribution in [0.2, 0.25) is 0 Å². The van der Waals surface area contributed by atoms with Crippen molar-refractivity contribution in [2.24, 2.45) is 7.05 Å². The first-order valence-corrected chi connectivity index (χ1v) is 9.38. The van der Waals surface area contributed by atoms with Crippen molar-refractivity contribution in [2.75, 3.05) is 24.7 Å². The number of rotatable bonds is 3. The summed E-state index contributed by atoms with van der Waals surface area (Å²) in [5.41, 5.74) is 3.14. The molecule has 0 amide bonds. The first-order valence-electron chi connectivity index (χ1n) is 9.38. The minimum atomic E-state index is -0.194. The number of anilines is 1. The maximum Gasteiger partial charge on any atom is 0.298 e. The fraction of sp³-hybridized carbons (Fsp3) is 0.316. The molecule has 1 aliphatic heterocycles. The minimum Gasteiger partial charge on any atom is -0.377 e. The van der Waals surface area contributed by atoms with Gasteiger partial charge in [0.15, 0.2) is 5.82 Å². The van der Waals surface area contributed by atoms with Crippen molar-refractivity contribution in [1.82, 2.24) is 34.5 Å². The van der Waals surface area contributed by atoms with Crippen LogP contribution in [0.25, 0.3) is 28.1 Å². The zero-order valence-electron chi connectivity index (χ0n) is 16.1. The maximum absolute atomic E-state index is 13.6. The number of morpholine rings is 1. The van der Waals surface area contributed by atoms with Gasteiger partial charge >= 0.3 is 0 Å². The Hall–Kier alpha value is -3.53. The SMILES string of the molecule is C[C@@H]1COCCN1c1nc2c(-c3ccn[nH]3)nccc2n(-c2cnn(C)c2)c1=O. The van der Waals surface area contributed by atoms with E-state index in [2.05, 4.69) is 20.3 Å². The molecule has 1 aliphatic rings. The highest BCUT2D eigenvalue weighted by Gasteiger charge is 2.26. The number of pyridine rings is 1. The Morgan fingerprint density at radius 3 is 2.90 bits per heavy atom. The Morgan fingerprint density at radius 1 is 1.28 bits per heavy atom. The number of H-pyrrole nitrogens is 1. The summed E-state index contributed by atoms with van der Waals surface area (Å²) in [5, 5.41) is 11.2. The van der Waals surface area contributed by atoms with Gasteiger partial charge in [0.1, 0.15) is 11.2 Å². The minimum absolute atomic E-state index is 0.0380. The van der Waals surface area contributed by atoms with Crippen LogP contribution in [0.1, 0.15) is 6.92 Å². The van der Waals surface area contributed by atoms with E-state index in [4.69, 9.17) is 9.72 Å². The highest BCUT2D eigenvalue weighted by Crippen LogP contribution is 2.26. The van der Waals surface area contributed by atoms with Gasteiger partial charge in [-0.2, -0.15) is 10.2 Å². The van der Waals surface area contributed by atoms with Crippen LogP contribution < -0.4 is 10.5 Å². The largest absolute Gasteiger partial charge is 0.377 e. The summed E-state index contributed by atoms with van der Waals surface area (Å²) in [4.78, 5) is 24.9. The Balaban J connectivity index is 1.85. The molecule has 4 aromatic rings. The molecule has 0 aliphatic carbocycles. The molecule has 10 nitrogen and oxygen atoms in total. The lowest BCUT2D eigenvalue weighted by Crippen LogP contribution is -2.47. The summed E-state index contributed by atoms with van der Waals surface area (Å²) in [5.74, 6) is 0.380. The van der Waals surface area contributed by atoms with Crippen molar-refractivity contribution in [1.29, 1.82) is 0 Å². The van der Waals surface area contributed by atoms with Gasteiger partial charge in [-0.05, 0) is 19.1 Å². The van der Waals surface area contributed by atoms with Gasteiger partial charge in [-0.25, -0.2) is 4.98 Å². The second-order valence-corrected chi connectivity index (χ2v) is 7.06. The van der Waals surface area contributed by atoms with Crippen molar-refractivity contribution >= 4 is 16.9 Å². The Labute approximate surface area is 165 Å². The standard InChI is InChI=1S/C19H20N8O2/c1-12-11-29-8-7-26(12)18-19(28)27(13-9-22-25(2)10-13)15-4-5-20-16(17(15)23-18)14-3-6-21-24-14/h3-6,9-10,12H,7-8,11H2,1-2H3,(H,21,24)/t12-/m1/s1. The predicted molar refractivity (Wildman–Crippen MR) is 107 cm³/mol. The second kappa shape index (κ2) is 6.82. The summed E-state index contributed by atoms with van der Waals surface area (Å²) >= 11 is 0. The van der Waals surface area contributed by atoms with Gasteiger partial charge in [0, 0.05) is 32.2 Å². The molecule has 0 aromatic carbocycles. The topological polar surface area (TPSA) is 107 Å². The molecule has 1 fully saturated rings. The third kappa shape index (κ3) is 2.88. The number of aryl methyl sites for hydroxylation is 1. The number of aromatic amines is 1. The molecule has 1 saturated heterocycles. The molecule has 0 unspecified atom stereocenters. The van der Waals surface area contributed by atoms with E-state index in [1.807, 2.05) is 31.1 Å². The number of aromatic nitrogens is 7. The third-order valence-electron chi connectivity index (χ3n) is 5.10. The van der Waals surface area contributed by atoms with Gasteiger partial charge in [-0.1, -0.05) is 0 Å². The molecule has 29 heavy (non-hydrogen) atoms. The number of fused-ring (bicyclic) bond motifs is 1. The summed E-state index contributed by atoms with van der Waals surface area (Å²) in [6.07, 6.45) is 6.81. The van der Waals surface area contributed by atoms with Crippen LogP contribution in [0.5, 0.6) is 0 Å². The summed E-state index contributed by atoms with van der Waals surface area (Å²) < 4.78 is 8.86. The van der Waals surface area contributed by atoms with Crippen LogP contribution in [0, 0.1) is 0 Å². The van der Waals surface area contributed by atoms with E-state index in [9.17, 15) is 4.79 Å². The molecule has 1 atom stereocenters. The lowest BCUT2D eigenvalue weighted by Gasteiger charge is -2.34. The molecule has 0 spiro atoms. The number of hydrogen-bond acceptors (Lipinski definition) is 7. The van der Waals surface area contributed by atoms with Crippen LogP contribution in [0.4, 0.5) is 5.82 Å². The Kier molecular flexibility index (Phi) is 4.13. The zero-order chi connectivity index (χ0) is 20.0. The fourth-order valence-corrected chi connectivity index (χ4v) is 3.69. The van der Waals surface area contributed by atoms with Gasteiger partial charge < -0.3 is 9.64 Å². The van der Waals surface area contributed by atoms with Crippen LogP contribution in [0.15, 0.2) is 41.7 Å². The second-order valence-electron chi connectivity index (χ2n) is 7.06. The molecule has 1 N–H and O–H groups in total. The first kappa shape index (κ1) is 17.6. The van der Waals surface area contributed by atoms with Crippen LogP contribution in [0.3, 0.4) is 0 Å². The number of nitrogens with one attached hydrogen (secondary N) is 1. The summed E-state index contributed by atoms with van der Waals surface area (Å²) in [6, 6.07) is 3.67. The normalized spacial score (nSPS) is 17.2. The van der Waals surface area contributed by atoms with E-state index < -0.39 is 0 Å². The van der Waals surface area contributed by atoms with Crippen LogP contribution >= 0.6 is 0 Å². The molecule has 0 radical (unpaired) electrons. The number of ether oxygens (including phenoxy) is 1. The van der Waals surface area contributed by atoms with Crippen molar-refractivity contribution < 1.29 is 4.74 Å². The molecule has 10 heteroatoms. The van der Waals surface area contributed by atoms with Gasteiger partial charge in [0.25, 0.3) is 5.56 Å². The summed E-state index contributed by atoms with van der Waals surface area (Å²) in [7, 11) is 1.82. The van der Waals surface area contributed by atoms with Gasteiger partial charge in [-0.3, -0.25) is 24.1 Å². The Bertz CT molecular complexity index is 1230. The van der Waals surface area contributed by atoms with E-state index in [1.165, 1.54) is 0 Å². The van der Waals surface area contributed by atoms with Gasteiger partial charge in [0.05, 0.1) is 42.4 Å². The highest BCUT2D eigenvalue weighted by molar-refractivity contribution is 5.90. The molecule has 0 bridgehead atoms. The average molecular weight is 392 g/mol. The molecule has 148 valence electrons. The van der Waals surface area contributed by atoms with Crippen molar-refractivity contribution in [3.8, 4) is 17.1 Å². The zero-order valence-corrected chi connectivity index (χ0v) is 16.1. The quantitative estimate of drug-likeness (QED) is 0.557. The van der Waals surface area contributed by atoms with Crippen molar-refractivity contribution in [3.05, 3.63) is 47.3 Å². The van der Waals surface area contributed by atoms with E-state index in [1.54, 1.807) is 33.9 Å². The highest BCUT2D eigenvalue weighted by atomic mass is 16.5. The van der Waals surface area contributed by atoms with E-state index in [0.717, 1.165) is 5.69 Å². The van der Waals surface area contributed by atoms with Crippen LogP contribution in [-0.4, -0.2) is 60.3 Å². The van der Waals surface area contributed by atoms with Gasteiger partial charge in [0.2, 0.25) is 0 Å². The first-order chi connectivity index (χ1) is 14.1. The molecule has 4 aromatic heterocycles. The monoisotopic (exact) mass is 392 g/mol. The molecule has 5 heterocycles. The molecule has 0 saturated carbocycles. The van der Waals surface area contributed by atoms with E-state index >= 15 is 0 Å². The van der Waals surface area contributed by atoms with Crippen molar-refractivity contribution in [3.63, 3.8) is 0 Å². The van der Waals surface area contributed by atoms with E-state index in [0.29, 0.717) is 48.0 Å². The molecular weight excluding hydrogens is 372 g/mol. The van der Waals surface area contributed by atoms with E-state index in [-0.39, 0.29) is 11.6 Å². The fourth-order valence-electron chi connectivity index (χ4n) is 3.69. The third-order valence-corrected chi connectivity index (χ3v) is 5.10. The van der Waals surface area contributed by atoms with Gasteiger partial charge in [-0.15, -0.1) is 0 Å². The number of hydrogen-bond donors (Lipinski definition) is 1. The summed E-state index contributed by atoms with van der Waals surface area (Å²) in [6.45, 7) is 3.73. The van der Waals surface area contributed by atoms with Crippen LogP contribution in [-0.2, 0) is 11.8 Å². The Morgan fingerprint density at radius 2 is 2.17 bits per heavy atom. The lowest BCUT2D eigenvalue weighted by molar-refractivity contribution is 0.0984. The maximum atomic E-state index is 13.6. The lowest BCUT2D eigenvalue weighted by atomic mass is 10.2. The average Bonchev–Trinajstić information content (AvgIpc) is 3.40. The number of nitrogens with zero attached hydrogens (tertiary/aromatic N) is 7. The predicted octanol–water partition coefficient (Wildman–Crippen LogP) is 1.13. The smallest absolute Gasteiger partial charge is 0.298 e. The molecular formula is C19H20N8O2. The molecule has 5 rings (SSSR count).